The predicted molar refractivity (Wildman–Crippen MR) is 82.5 cm³/mol. The van der Waals surface area contributed by atoms with Gasteiger partial charge in [-0.2, -0.15) is 0 Å². The molecule has 20 heavy (non-hydrogen) atoms. The molecule has 1 aromatic carbocycles. The summed E-state index contributed by atoms with van der Waals surface area (Å²) in [6, 6.07) is 6.74. The Morgan fingerprint density at radius 1 is 0.900 bits per heavy atom. The lowest BCUT2D eigenvalue weighted by Crippen LogP contribution is -2.29. The fourth-order valence-corrected chi connectivity index (χ4v) is 2.89. The number of methoxy groups -OCH3 is 2. The van der Waals surface area contributed by atoms with Crippen LogP contribution in [0.2, 0.25) is 0 Å². The third-order valence-corrected chi connectivity index (χ3v) is 4.11. The Labute approximate surface area is 122 Å². The fraction of sp³-hybridized carbons (Fsp3) is 0.647. The zero-order chi connectivity index (χ0) is 14.2. The summed E-state index contributed by atoms with van der Waals surface area (Å²) in [6.45, 7) is 0.887. The lowest BCUT2D eigenvalue weighted by molar-refractivity contribution is 0.382. The third-order valence-electron chi connectivity index (χ3n) is 4.11. The Morgan fingerprint density at radius 2 is 1.45 bits per heavy atom. The lowest BCUT2D eigenvalue weighted by Gasteiger charge is -2.21. The largest absolute Gasteiger partial charge is 0.497 e. The molecule has 1 aliphatic rings. The minimum atomic E-state index is 0.660. The normalized spacial score (nSPS) is 17.3. The Balaban J connectivity index is 1.91. The van der Waals surface area contributed by atoms with Gasteiger partial charge in [0.2, 0.25) is 0 Å². The van der Waals surface area contributed by atoms with Gasteiger partial charge >= 0.3 is 0 Å². The highest BCUT2D eigenvalue weighted by molar-refractivity contribution is 5.38. The van der Waals surface area contributed by atoms with Gasteiger partial charge in [0.05, 0.1) is 14.2 Å². The van der Waals surface area contributed by atoms with Crippen LogP contribution in [0.25, 0.3) is 0 Å². The molecule has 112 valence electrons. The van der Waals surface area contributed by atoms with Crippen molar-refractivity contribution >= 4 is 0 Å². The molecule has 1 aliphatic carbocycles. The van der Waals surface area contributed by atoms with Crippen LogP contribution in [-0.2, 0) is 6.54 Å². The maximum atomic E-state index is 5.32. The van der Waals surface area contributed by atoms with Crippen molar-refractivity contribution in [2.45, 2.75) is 57.5 Å². The molecule has 0 atom stereocenters. The molecule has 1 fully saturated rings. The highest BCUT2D eigenvalue weighted by Gasteiger charge is 2.11. The summed E-state index contributed by atoms with van der Waals surface area (Å²) in [5.41, 5.74) is 1.23. The average molecular weight is 277 g/mol. The van der Waals surface area contributed by atoms with Crippen LogP contribution in [0, 0.1) is 0 Å². The maximum Gasteiger partial charge on any atom is 0.122 e. The van der Waals surface area contributed by atoms with Crippen LogP contribution < -0.4 is 14.8 Å². The molecule has 3 nitrogen and oxygen atoms in total. The summed E-state index contributed by atoms with van der Waals surface area (Å²) in [5.74, 6) is 1.72. The van der Waals surface area contributed by atoms with Gasteiger partial charge in [-0.1, -0.05) is 32.1 Å². The topological polar surface area (TPSA) is 30.5 Å². The van der Waals surface area contributed by atoms with Gasteiger partial charge < -0.3 is 14.8 Å². The number of benzene rings is 1. The summed E-state index contributed by atoms with van der Waals surface area (Å²) in [5, 5.41) is 3.70. The molecular formula is C17H27NO2. The number of hydrogen-bond acceptors (Lipinski definition) is 3. The highest BCUT2D eigenvalue weighted by Crippen LogP contribution is 2.23. The average Bonchev–Trinajstić information content (AvgIpc) is 2.45. The number of nitrogens with one attached hydrogen (secondary N) is 1. The number of hydrogen-bond donors (Lipinski definition) is 1. The van der Waals surface area contributed by atoms with Crippen molar-refractivity contribution in [3.05, 3.63) is 23.8 Å². The van der Waals surface area contributed by atoms with Crippen LogP contribution >= 0.6 is 0 Å². The Hall–Kier alpha value is -1.22. The molecule has 0 aliphatic heterocycles. The molecule has 1 saturated carbocycles. The zero-order valence-corrected chi connectivity index (χ0v) is 12.8. The molecule has 0 amide bonds. The molecule has 0 bridgehead atoms. The maximum absolute atomic E-state index is 5.32. The standard InChI is InChI=1S/C17H27NO2/c1-19-16-10-14(11-17(12-16)20-2)13-18-15-8-6-4-3-5-7-9-15/h10-12,15,18H,3-9,13H2,1-2H3. The molecule has 0 spiro atoms. The van der Waals surface area contributed by atoms with Crippen molar-refractivity contribution in [1.29, 1.82) is 0 Å². The molecule has 3 heteroatoms. The molecule has 0 aromatic heterocycles. The minimum Gasteiger partial charge on any atom is -0.497 e. The van der Waals surface area contributed by atoms with Crippen molar-refractivity contribution < 1.29 is 9.47 Å². The van der Waals surface area contributed by atoms with Crippen LogP contribution in [0.4, 0.5) is 0 Å². The predicted octanol–water partition coefficient (Wildman–Crippen LogP) is 3.91. The first-order valence-electron chi connectivity index (χ1n) is 7.77. The minimum absolute atomic E-state index is 0.660. The lowest BCUT2D eigenvalue weighted by atomic mass is 9.96. The first kappa shape index (κ1) is 15.2. The summed E-state index contributed by atoms with van der Waals surface area (Å²) in [6.07, 6.45) is 9.54. The van der Waals surface area contributed by atoms with E-state index in [1.54, 1.807) is 14.2 Å². The molecule has 1 N–H and O–H groups in total. The van der Waals surface area contributed by atoms with E-state index in [0.717, 1.165) is 18.0 Å². The van der Waals surface area contributed by atoms with E-state index in [-0.39, 0.29) is 0 Å². The van der Waals surface area contributed by atoms with Crippen molar-refractivity contribution in [3.8, 4) is 11.5 Å². The quantitative estimate of drug-likeness (QED) is 0.885. The number of ether oxygens (including phenoxy) is 2. The highest BCUT2D eigenvalue weighted by atomic mass is 16.5. The van der Waals surface area contributed by atoms with E-state index in [4.69, 9.17) is 9.47 Å². The smallest absolute Gasteiger partial charge is 0.122 e. The van der Waals surface area contributed by atoms with Crippen molar-refractivity contribution in [2.24, 2.45) is 0 Å². The van der Waals surface area contributed by atoms with Crippen LogP contribution in [-0.4, -0.2) is 20.3 Å². The monoisotopic (exact) mass is 277 g/mol. The molecule has 0 saturated heterocycles. The van der Waals surface area contributed by atoms with E-state index in [2.05, 4.69) is 17.4 Å². The van der Waals surface area contributed by atoms with Gasteiger partial charge in [-0.05, 0) is 30.5 Å². The van der Waals surface area contributed by atoms with Crippen LogP contribution in [0.15, 0.2) is 18.2 Å². The first-order valence-corrected chi connectivity index (χ1v) is 7.77. The van der Waals surface area contributed by atoms with E-state index in [0.29, 0.717) is 6.04 Å². The zero-order valence-electron chi connectivity index (χ0n) is 12.8. The summed E-state index contributed by atoms with van der Waals surface area (Å²) in [7, 11) is 3.39. The molecule has 2 rings (SSSR count). The van der Waals surface area contributed by atoms with Crippen LogP contribution in [0.3, 0.4) is 0 Å². The Kier molecular flexibility index (Phi) is 6.19. The second kappa shape index (κ2) is 8.15. The fourth-order valence-electron chi connectivity index (χ4n) is 2.89. The number of rotatable bonds is 5. The van der Waals surface area contributed by atoms with Gasteiger partial charge in [0.15, 0.2) is 0 Å². The van der Waals surface area contributed by atoms with E-state index in [9.17, 15) is 0 Å². The summed E-state index contributed by atoms with van der Waals surface area (Å²) < 4.78 is 10.6. The molecule has 1 aromatic rings. The van der Waals surface area contributed by atoms with Crippen molar-refractivity contribution in [1.82, 2.24) is 5.32 Å². The molecule has 0 unspecified atom stereocenters. The van der Waals surface area contributed by atoms with Gasteiger partial charge in [0, 0.05) is 18.7 Å². The summed E-state index contributed by atoms with van der Waals surface area (Å²) >= 11 is 0. The van der Waals surface area contributed by atoms with E-state index >= 15 is 0 Å². The van der Waals surface area contributed by atoms with Gasteiger partial charge in [0.1, 0.15) is 11.5 Å². The van der Waals surface area contributed by atoms with E-state index in [1.165, 1.54) is 50.5 Å². The Morgan fingerprint density at radius 3 is 2.00 bits per heavy atom. The SMILES string of the molecule is COc1cc(CNC2CCCCCCC2)cc(OC)c1. The third kappa shape index (κ3) is 4.71. The van der Waals surface area contributed by atoms with Gasteiger partial charge in [-0.3, -0.25) is 0 Å². The Bertz CT molecular complexity index is 376. The van der Waals surface area contributed by atoms with Crippen molar-refractivity contribution in [3.63, 3.8) is 0 Å². The van der Waals surface area contributed by atoms with Gasteiger partial charge in [-0.25, -0.2) is 0 Å². The second-order valence-corrected chi connectivity index (χ2v) is 5.64. The molecule has 0 radical (unpaired) electrons. The molecule has 0 heterocycles. The van der Waals surface area contributed by atoms with Gasteiger partial charge in [-0.15, -0.1) is 0 Å². The van der Waals surface area contributed by atoms with Crippen LogP contribution in [0.1, 0.15) is 50.5 Å². The first-order chi connectivity index (χ1) is 9.81. The van der Waals surface area contributed by atoms with E-state index in [1.807, 2.05) is 6.07 Å². The molecular weight excluding hydrogens is 250 g/mol. The van der Waals surface area contributed by atoms with Gasteiger partial charge in [0.25, 0.3) is 0 Å². The second-order valence-electron chi connectivity index (χ2n) is 5.64. The van der Waals surface area contributed by atoms with Crippen molar-refractivity contribution in [2.75, 3.05) is 14.2 Å². The summed E-state index contributed by atoms with van der Waals surface area (Å²) in [4.78, 5) is 0. The van der Waals surface area contributed by atoms with E-state index < -0.39 is 0 Å². The van der Waals surface area contributed by atoms with Crippen LogP contribution in [0.5, 0.6) is 11.5 Å².